The molecule has 1 aliphatic carbocycles. The lowest BCUT2D eigenvalue weighted by atomic mass is 9.86. The van der Waals surface area contributed by atoms with Gasteiger partial charge in [-0.15, -0.1) is 0 Å². The highest BCUT2D eigenvalue weighted by Crippen LogP contribution is 2.34. The summed E-state index contributed by atoms with van der Waals surface area (Å²) in [4.78, 5) is 24.7. The van der Waals surface area contributed by atoms with Gasteiger partial charge in [-0.1, -0.05) is 19.8 Å². The van der Waals surface area contributed by atoms with E-state index in [-0.39, 0.29) is 35.3 Å². The largest absolute Gasteiger partial charge is 0.504 e. The van der Waals surface area contributed by atoms with Gasteiger partial charge in [-0.3, -0.25) is 4.79 Å². The van der Waals surface area contributed by atoms with Crippen molar-refractivity contribution < 1.29 is 19.4 Å². The number of phenolic OH excluding ortho intramolecular Hbond substituents is 2. The molecule has 0 bridgehead atoms. The van der Waals surface area contributed by atoms with Gasteiger partial charge in [0.25, 0.3) is 0 Å². The number of fused-ring (bicyclic) bond motifs is 1. The van der Waals surface area contributed by atoms with Crippen molar-refractivity contribution in [1.29, 1.82) is 0 Å². The summed E-state index contributed by atoms with van der Waals surface area (Å²) in [7, 11) is 0. The molecule has 2 aromatic rings. The standard InChI is InChI=1S/C19H23NO5/c1-10-5-3-4-6-14(10)20-16(22)9-13-11(2)12-7-8-15(21)17(23)18(12)25-19(13)24/h7-8,10,14,21,23H,3-6,9H2,1-2H3,(H,20,22). The molecule has 1 amide bonds. The van der Waals surface area contributed by atoms with Crippen LogP contribution in [0, 0.1) is 12.8 Å². The Morgan fingerprint density at radius 1 is 1.28 bits per heavy atom. The average molecular weight is 345 g/mol. The van der Waals surface area contributed by atoms with E-state index in [1.165, 1.54) is 12.5 Å². The Morgan fingerprint density at radius 3 is 2.72 bits per heavy atom. The molecule has 2 atom stereocenters. The monoisotopic (exact) mass is 345 g/mol. The van der Waals surface area contributed by atoms with Crippen LogP contribution in [-0.4, -0.2) is 22.2 Å². The van der Waals surface area contributed by atoms with Crippen LogP contribution in [0.1, 0.15) is 43.7 Å². The van der Waals surface area contributed by atoms with Crippen molar-refractivity contribution in [3.8, 4) is 11.5 Å². The number of amides is 1. The molecule has 25 heavy (non-hydrogen) atoms. The lowest BCUT2D eigenvalue weighted by Gasteiger charge is -2.29. The molecule has 0 saturated heterocycles. The molecule has 1 aliphatic rings. The molecule has 2 unspecified atom stereocenters. The zero-order valence-electron chi connectivity index (χ0n) is 14.5. The van der Waals surface area contributed by atoms with Crippen LogP contribution in [0.25, 0.3) is 11.0 Å². The van der Waals surface area contributed by atoms with E-state index in [0.29, 0.717) is 16.9 Å². The fourth-order valence-electron chi connectivity index (χ4n) is 3.58. The fraction of sp³-hybridized carbons (Fsp3) is 0.474. The normalized spacial score (nSPS) is 20.6. The molecule has 1 saturated carbocycles. The zero-order valence-corrected chi connectivity index (χ0v) is 14.5. The first-order chi connectivity index (χ1) is 11.9. The molecule has 0 spiro atoms. The number of aromatic hydroxyl groups is 2. The molecule has 3 N–H and O–H groups in total. The first-order valence-electron chi connectivity index (χ1n) is 8.65. The summed E-state index contributed by atoms with van der Waals surface area (Å²) >= 11 is 0. The summed E-state index contributed by atoms with van der Waals surface area (Å²) in [5.41, 5.74) is 0.122. The van der Waals surface area contributed by atoms with Crippen molar-refractivity contribution in [2.45, 2.75) is 52.0 Å². The van der Waals surface area contributed by atoms with Crippen molar-refractivity contribution in [3.63, 3.8) is 0 Å². The van der Waals surface area contributed by atoms with E-state index in [4.69, 9.17) is 4.42 Å². The Morgan fingerprint density at radius 2 is 2.00 bits per heavy atom. The number of hydrogen-bond donors (Lipinski definition) is 3. The van der Waals surface area contributed by atoms with Crippen LogP contribution >= 0.6 is 0 Å². The lowest BCUT2D eigenvalue weighted by molar-refractivity contribution is -0.121. The Bertz CT molecular complexity index is 870. The quantitative estimate of drug-likeness (QED) is 0.587. The minimum atomic E-state index is -0.669. The fourth-order valence-corrected chi connectivity index (χ4v) is 3.58. The minimum Gasteiger partial charge on any atom is -0.504 e. The number of carbonyl (C=O) groups excluding carboxylic acids is 1. The van der Waals surface area contributed by atoms with Crippen molar-refractivity contribution in [2.75, 3.05) is 0 Å². The highest BCUT2D eigenvalue weighted by atomic mass is 16.4. The van der Waals surface area contributed by atoms with Crippen LogP contribution in [0.2, 0.25) is 0 Å². The van der Waals surface area contributed by atoms with Crippen molar-refractivity contribution in [1.82, 2.24) is 5.32 Å². The summed E-state index contributed by atoms with van der Waals surface area (Å²) < 4.78 is 5.15. The maximum Gasteiger partial charge on any atom is 0.340 e. The van der Waals surface area contributed by atoms with E-state index in [1.807, 2.05) is 0 Å². The summed E-state index contributed by atoms with van der Waals surface area (Å²) in [6.45, 7) is 3.84. The number of carbonyl (C=O) groups is 1. The zero-order chi connectivity index (χ0) is 18.1. The number of nitrogens with one attached hydrogen (secondary N) is 1. The second kappa shape index (κ2) is 6.78. The van der Waals surface area contributed by atoms with Crippen LogP contribution < -0.4 is 10.9 Å². The SMILES string of the molecule is Cc1c(CC(=O)NC2CCCCC2C)c(=O)oc2c(O)c(O)ccc12. The number of hydrogen-bond acceptors (Lipinski definition) is 5. The smallest absolute Gasteiger partial charge is 0.340 e. The molecule has 0 radical (unpaired) electrons. The Kier molecular flexibility index (Phi) is 4.70. The van der Waals surface area contributed by atoms with Gasteiger partial charge in [0.1, 0.15) is 0 Å². The summed E-state index contributed by atoms with van der Waals surface area (Å²) in [5, 5.41) is 22.9. The molecular weight excluding hydrogens is 322 g/mol. The Balaban J connectivity index is 1.87. The van der Waals surface area contributed by atoms with Gasteiger partial charge in [0, 0.05) is 11.4 Å². The number of rotatable bonds is 3. The predicted octanol–water partition coefficient (Wildman–Crippen LogP) is 2.75. The van der Waals surface area contributed by atoms with E-state index in [9.17, 15) is 19.8 Å². The molecule has 0 aliphatic heterocycles. The molecule has 134 valence electrons. The van der Waals surface area contributed by atoms with Crippen molar-refractivity contribution in [2.24, 2.45) is 5.92 Å². The van der Waals surface area contributed by atoms with Crippen LogP contribution in [-0.2, 0) is 11.2 Å². The third-order valence-corrected chi connectivity index (χ3v) is 5.20. The van der Waals surface area contributed by atoms with Crippen LogP contribution in [0.3, 0.4) is 0 Å². The molecule has 6 heteroatoms. The molecule has 1 aromatic heterocycles. The third kappa shape index (κ3) is 3.34. The summed E-state index contributed by atoms with van der Waals surface area (Å²) in [6, 6.07) is 3.04. The molecular formula is C19H23NO5. The maximum atomic E-state index is 12.4. The second-order valence-electron chi connectivity index (χ2n) is 6.92. The maximum absolute atomic E-state index is 12.4. The van der Waals surface area contributed by atoms with Gasteiger partial charge >= 0.3 is 5.63 Å². The topological polar surface area (TPSA) is 99.8 Å². The summed E-state index contributed by atoms with van der Waals surface area (Å²) in [5.74, 6) is -0.584. The van der Waals surface area contributed by atoms with Crippen LogP contribution in [0.15, 0.2) is 21.3 Å². The van der Waals surface area contributed by atoms with Gasteiger partial charge in [0.05, 0.1) is 12.0 Å². The molecule has 3 rings (SSSR count). The van der Waals surface area contributed by atoms with Crippen LogP contribution in [0.5, 0.6) is 11.5 Å². The first-order valence-corrected chi connectivity index (χ1v) is 8.65. The predicted molar refractivity (Wildman–Crippen MR) is 93.8 cm³/mol. The van der Waals surface area contributed by atoms with Gasteiger partial charge in [0.2, 0.25) is 11.7 Å². The summed E-state index contributed by atoms with van der Waals surface area (Å²) in [6.07, 6.45) is 4.30. The van der Waals surface area contributed by atoms with E-state index in [1.54, 1.807) is 13.0 Å². The minimum absolute atomic E-state index is 0.0606. The average Bonchev–Trinajstić information content (AvgIpc) is 2.57. The van der Waals surface area contributed by atoms with E-state index >= 15 is 0 Å². The van der Waals surface area contributed by atoms with Gasteiger partial charge < -0.3 is 19.9 Å². The van der Waals surface area contributed by atoms with E-state index in [0.717, 1.165) is 19.3 Å². The highest BCUT2D eigenvalue weighted by molar-refractivity contribution is 5.89. The van der Waals surface area contributed by atoms with Crippen LogP contribution in [0.4, 0.5) is 0 Å². The molecule has 6 nitrogen and oxygen atoms in total. The molecule has 1 fully saturated rings. The number of aryl methyl sites for hydroxylation is 1. The van der Waals surface area contributed by atoms with Gasteiger partial charge in [-0.25, -0.2) is 4.79 Å². The number of phenols is 2. The molecule has 1 aromatic carbocycles. The van der Waals surface area contributed by atoms with Gasteiger partial charge in [0.15, 0.2) is 11.3 Å². The van der Waals surface area contributed by atoms with Crippen molar-refractivity contribution >= 4 is 16.9 Å². The lowest BCUT2D eigenvalue weighted by Crippen LogP contribution is -2.42. The first kappa shape index (κ1) is 17.3. The van der Waals surface area contributed by atoms with E-state index < -0.39 is 11.4 Å². The number of benzene rings is 1. The second-order valence-corrected chi connectivity index (χ2v) is 6.92. The third-order valence-electron chi connectivity index (χ3n) is 5.20. The van der Waals surface area contributed by atoms with Gasteiger partial charge in [-0.05, 0) is 43.4 Å². The molecule has 1 heterocycles. The highest BCUT2D eigenvalue weighted by Gasteiger charge is 2.24. The van der Waals surface area contributed by atoms with Gasteiger partial charge in [-0.2, -0.15) is 0 Å². The Hall–Kier alpha value is -2.50. The van der Waals surface area contributed by atoms with E-state index in [2.05, 4.69) is 12.2 Å². The Labute approximate surface area is 145 Å². The van der Waals surface area contributed by atoms with Crippen molar-refractivity contribution in [3.05, 3.63) is 33.7 Å².